The summed E-state index contributed by atoms with van der Waals surface area (Å²) in [6, 6.07) is 14.4. The SMILES string of the molecule is CN(c1ccc(-c2ccc(-c3ccc(=O)n(C)c3)cc2O)nn1)C1C[C@H]2CC[C@@H](C1)N2. The van der Waals surface area contributed by atoms with Gasteiger partial charge in [-0.2, -0.15) is 0 Å². The highest BCUT2D eigenvalue weighted by Gasteiger charge is 2.35. The van der Waals surface area contributed by atoms with E-state index in [1.807, 2.05) is 24.3 Å². The topological polar surface area (TPSA) is 83.3 Å². The third kappa shape index (κ3) is 3.81. The van der Waals surface area contributed by atoms with Crippen LogP contribution < -0.4 is 15.8 Å². The number of hydrogen-bond donors (Lipinski definition) is 2. The molecular formula is C24H27N5O2. The average Bonchev–Trinajstić information content (AvgIpc) is 3.12. The highest BCUT2D eigenvalue weighted by atomic mass is 16.3. The van der Waals surface area contributed by atoms with Gasteiger partial charge >= 0.3 is 0 Å². The molecule has 3 atom stereocenters. The van der Waals surface area contributed by atoms with Crippen molar-refractivity contribution < 1.29 is 5.11 Å². The molecule has 0 spiro atoms. The van der Waals surface area contributed by atoms with Gasteiger partial charge in [-0.05, 0) is 67.1 Å². The Morgan fingerprint density at radius 3 is 2.42 bits per heavy atom. The van der Waals surface area contributed by atoms with Crippen LogP contribution in [-0.4, -0.2) is 45.0 Å². The molecule has 0 aliphatic carbocycles. The van der Waals surface area contributed by atoms with Crippen LogP contribution in [0.2, 0.25) is 0 Å². The molecule has 2 aliphatic heterocycles. The summed E-state index contributed by atoms with van der Waals surface area (Å²) in [4.78, 5) is 13.9. The number of pyridine rings is 1. The van der Waals surface area contributed by atoms with Crippen molar-refractivity contribution in [2.75, 3.05) is 11.9 Å². The van der Waals surface area contributed by atoms with Crippen molar-refractivity contribution in [2.24, 2.45) is 7.05 Å². The number of phenolic OH excluding ortho intramolecular Hbond substituents is 1. The molecule has 3 aromatic rings. The van der Waals surface area contributed by atoms with Crippen molar-refractivity contribution in [3.05, 3.63) is 59.0 Å². The Balaban J connectivity index is 1.35. The van der Waals surface area contributed by atoms with Crippen LogP contribution >= 0.6 is 0 Å². The predicted octanol–water partition coefficient (Wildman–Crippen LogP) is 2.93. The van der Waals surface area contributed by atoms with E-state index in [0.29, 0.717) is 29.4 Å². The normalized spacial score (nSPS) is 22.5. The number of phenols is 1. The molecule has 2 saturated heterocycles. The van der Waals surface area contributed by atoms with Crippen LogP contribution in [0.1, 0.15) is 25.7 Å². The number of hydrogen-bond acceptors (Lipinski definition) is 6. The van der Waals surface area contributed by atoms with Crippen molar-refractivity contribution in [1.29, 1.82) is 0 Å². The molecule has 0 saturated carbocycles. The van der Waals surface area contributed by atoms with E-state index < -0.39 is 0 Å². The third-order valence-corrected chi connectivity index (χ3v) is 6.70. The van der Waals surface area contributed by atoms with Gasteiger partial charge in [0.25, 0.3) is 0 Å². The van der Waals surface area contributed by atoms with Gasteiger partial charge in [-0.25, -0.2) is 0 Å². The molecule has 160 valence electrons. The summed E-state index contributed by atoms with van der Waals surface area (Å²) in [7, 11) is 3.81. The van der Waals surface area contributed by atoms with Gasteiger partial charge in [-0.3, -0.25) is 4.79 Å². The molecule has 4 heterocycles. The fourth-order valence-electron chi connectivity index (χ4n) is 4.88. The van der Waals surface area contributed by atoms with E-state index in [2.05, 4.69) is 27.5 Å². The second-order valence-corrected chi connectivity index (χ2v) is 8.75. The average molecular weight is 418 g/mol. The third-order valence-electron chi connectivity index (χ3n) is 6.70. The molecule has 2 aromatic heterocycles. The first-order chi connectivity index (χ1) is 15.0. The Bertz CT molecular complexity index is 1150. The molecule has 5 rings (SSSR count). The minimum absolute atomic E-state index is 0.0675. The van der Waals surface area contributed by atoms with Crippen LogP contribution in [0.25, 0.3) is 22.4 Å². The molecule has 2 aliphatic rings. The number of benzene rings is 1. The Kier molecular flexibility index (Phi) is 4.98. The second-order valence-electron chi connectivity index (χ2n) is 8.75. The summed E-state index contributed by atoms with van der Waals surface area (Å²) in [5.74, 6) is 0.994. The summed E-state index contributed by atoms with van der Waals surface area (Å²) < 4.78 is 1.52. The molecule has 0 amide bonds. The number of nitrogens with zero attached hydrogens (tertiary/aromatic N) is 4. The first-order valence-electron chi connectivity index (χ1n) is 10.8. The van der Waals surface area contributed by atoms with Crippen LogP contribution in [0.4, 0.5) is 5.82 Å². The highest BCUT2D eigenvalue weighted by molar-refractivity contribution is 5.74. The standard InChI is InChI=1S/C24H27N5O2/c1-28-14-16(4-10-24(28)31)15-3-7-20(22(30)11-15)21-8-9-23(27-26-21)29(2)19-12-17-5-6-18(13-19)25-17/h3-4,7-11,14,17-19,25,30H,5-6,12-13H2,1-2H3/t17-,18+,19?. The van der Waals surface area contributed by atoms with Gasteiger partial charge < -0.3 is 19.9 Å². The van der Waals surface area contributed by atoms with Crippen molar-refractivity contribution in [1.82, 2.24) is 20.1 Å². The Hall–Kier alpha value is -3.19. The summed E-state index contributed by atoms with van der Waals surface area (Å²) in [6.07, 6.45) is 6.59. The minimum atomic E-state index is -0.0675. The molecule has 7 heteroatoms. The van der Waals surface area contributed by atoms with E-state index in [-0.39, 0.29) is 11.3 Å². The zero-order valence-electron chi connectivity index (χ0n) is 17.8. The summed E-state index contributed by atoms with van der Waals surface area (Å²) >= 11 is 0. The predicted molar refractivity (Wildman–Crippen MR) is 121 cm³/mol. The maximum absolute atomic E-state index is 11.6. The maximum atomic E-state index is 11.6. The lowest BCUT2D eigenvalue weighted by Crippen LogP contribution is -2.47. The lowest BCUT2D eigenvalue weighted by Gasteiger charge is -2.36. The van der Waals surface area contributed by atoms with Gasteiger partial charge in [0.05, 0.1) is 5.69 Å². The number of rotatable bonds is 4. The Morgan fingerprint density at radius 2 is 1.77 bits per heavy atom. The van der Waals surface area contributed by atoms with Crippen LogP contribution in [0.3, 0.4) is 0 Å². The number of fused-ring (bicyclic) bond motifs is 2. The molecule has 2 fully saturated rings. The largest absolute Gasteiger partial charge is 0.507 e. The van der Waals surface area contributed by atoms with E-state index in [1.54, 1.807) is 25.4 Å². The number of aromatic nitrogens is 3. The van der Waals surface area contributed by atoms with Gasteiger partial charge in [0, 0.05) is 50.0 Å². The quantitative estimate of drug-likeness (QED) is 0.679. The number of aryl methyl sites for hydroxylation is 1. The molecule has 0 radical (unpaired) electrons. The van der Waals surface area contributed by atoms with Crippen LogP contribution in [0.15, 0.2) is 53.5 Å². The van der Waals surface area contributed by atoms with Crippen LogP contribution in [0.5, 0.6) is 5.75 Å². The zero-order chi connectivity index (χ0) is 21.5. The summed E-state index contributed by atoms with van der Waals surface area (Å²) in [5, 5.41) is 23.1. The molecule has 1 unspecified atom stereocenters. The van der Waals surface area contributed by atoms with Gasteiger partial charge in [0.1, 0.15) is 5.75 Å². The van der Waals surface area contributed by atoms with E-state index in [4.69, 9.17) is 0 Å². The first kappa shape index (κ1) is 19.8. The number of piperidine rings is 1. The molecule has 2 N–H and O–H groups in total. The zero-order valence-corrected chi connectivity index (χ0v) is 17.8. The van der Waals surface area contributed by atoms with Gasteiger partial charge in [0.2, 0.25) is 5.56 Å². The highest BCUT2D eigenvalue weighted by Crippen LogP contribution is 2.34. The first-order valence-corrected chi connectivity index (χ1v) is 10.8. The van der Waals surface area contributed by atoms with Crippen molar-refractivity contribution in [3.8, 4) is 28.1 Å². The molecular weight excluding hydrogens is 390 g/mol. The van der Waals surface area contributed by atoms with Crippen molar-refractivity contribution >= 4 is 5.82 Å². The smallest absolute Gasteiger partial charge is 0.250 e. The fraction of sp³-hybridized carbons (Fsp3) is 0.375. The van der Waals surface area contributed by atoms with E-state index in [0.717, 1.165) is 29.8 Å². The number of nitrogens with one attached hydrogen (secondary N) is 1. The Morgan fingerprint density at radius 1 is 1.03 bits per heavy atom. The molecule has 31 heavy (non-hydrogen) atoms. The van der Waals surface area contributed by atoms with Crippen molar-refractivity contribution in [2.45, 2.75) is 43.8 Å². The maximum Gasteiger partial charge on any atom is 0.250 e. The van der Waals surface area contributed by atoms with Crippen LogP contribution in [0, 0.1) is 0 Å². The monoisotopic (exact) mass is 417 g/mol. The second kappa shape index (κ2) is 7.81. The Labute approximate surface area is 181 Å². The summed E-state index contributed by atoms with van der Waals surface area (Å²) in [5.41, 5.74) is 2.90. The minimum Gasteiger partial charge on any atom is -0.507 e. The van der Waals surface area contributed by atoms with E-state index >= 15 is 0 Å². The van der Waals surface area contributed by atoms with Crippen molar-refractivity contribution in [3.63, 3.8) is 0 Å². The van der Waals surface area contributed by atoms with Gasteiger partial charge in [-0.1, -0.05) is 6.07 Å². The lowest BCUT2D eigenvalue weighted by molar-refractivity contribution is 0.353. The molecule has 1 aromatic carbocycles. The number of aromatic hydroxyl groups is 1. The van der Waals surface area contributed by atoms with Crippen LogP contribution in [-0.2, 0) is 7.05 Å². The van der Waals surface area contributed by atoms with E-state index in [9.17, 15) is 9.90 Å². The van der Waals surface area contributed by atoms with Gasteiger partial charge in [0.15, 0.2) is 5.82 Å². The number of anilines is 1. The van der Waals surface area contributed by atoms with E-state index in [1.165, 1.54) is 23.5 Å². The summed E-state index contributed by atoms with van der Waals surface area (Å²) in [6.45, 7) is 0. The molecule has 2 bridgehead atoms. The molecule has 7 nitrogen and oxygen atoms in total. The van der Waals surface area contributed by atoms with Gasteiger partial charge in [-0.15, -0.1) is 10.2 Å². The fourth-order valence-corrected chi connectivity index (χ4v) is 4.88. The lowest BCUT2D eigenvalue weighted by atomic mass is 9.98.